The van der Waals surface area contributed by atoms with E-state index >= 15 is 0 Å². The number of esters is 1. The second-order valence-electron chi connectivity index (χ2n) is 5.34. The third-order valence-electron chi connectivity index (χ3n) is 3.44. The van der Waals surface area contributed by atoms with Crippen LogP contribution in [0.15, 0.2) is 12.2 Å². The molecule has 108 valence electrons. The Balaban J connectivity index is 2.83. The molecule has 0 radical (unpaired) electrons. The zero-order valence-corrected chi connectivity index (χ0v) is 12.8. The summed E-state index contributed by atoms with van der Waals surface area (Å²) in [5.41, 5.74) is -0.293. The van der Waals surface area contributed by atoms with Crippen LogP contribution < -0.4 is 0 Å². The van der Waals surface area contributed by atoms with Crippen LogP contribution in [-0.4, -0.2) is 36.2 Å². The summed E-state index contributed by atoms with van der Waals surface area (Å²) in [6.07, 6.45) is 3.57. The van der Waals surface area contributed by atoms with Crippen molar-refractivity contribution in [1.82, 2.24) is 0 Å². The first-order valence-electron chi connectivity index (χ1n) is 6.31. The van der Waals surface area contributed by atoms with Gasteiger partial charge in [-0.15, -0.1) is 0 Å². The lowest BCUT2D eigenvalue weighted by Crippen LogP contribution is -2.44. The zero-order valence-electron chi connectivity index (χ0n) is 12.0. The van der Waals surface area contributed by atoms with Crippen LogP contribution in [0.4, 0.5) is 0 Å². The molecule has 0 spiro atoms. The summed E-state index contributed by atoms with van der Waals surface area (Å²) in [7, 11) is 1.62. The fraction of sp³-hybridized carbons (Fsp3) is 0.714. The number of rotatable bonds is 4. The fourth-order valence-electron chi connectivity index (χ4n) is 2.49. The third kappa shape index (κ3) is 4.35. The van der Waals surface area contributed by atoms with Crippen molar-refractivity contribution >= 4 is 22.8 Å². The number of hydrogen-bond acceptors (Lipinski definition) is 5. The Morgan fingerprint density at radius 2 is 2.00 bits per heavy atom. The van der Waals surface area contributed by atoms with E-state index in [1.54, 1.807) is 20.3 Å². The van der Waals surface area contributed by atoms with Crippen LogP contribution in [-0.2, 0) is 19.1 Å². The van der Waals surface area contributed by atoms with E-state index in [2.05, 4.69) is 6.58 Å². The van der Waals surface area contributed by atoms with Gasteiger partial charge in [0.15, 0.2) is 5.12 Å². The van der Waals surface area contributed by atoms with Gasteiger partial charge in [0.1, 0.15) is 5.60 Å². The van der Waals surface area contributed by atoms with Crippen LogP contribution in [0.2, 0.25) is 0 Å². The van der Waals surface area contributed by atoms with Crippen molar-refractivity contribution in [3.63, 3.8) is 0 Å². The van der Waals surface area contributed by atoms with E-state index in [1.807, 2.05) is 6.92 Å². The van der Waals surface area contributed by atoms with Crippen molar-refractivity contribution in [2.45, 2.75) is 44.8 Å². The van der Waals surface area contributed by atoms with E-state index in [0.29, 0.717) is 24.8 Å². The van der Waals surface area contributed by atoms with E-state index in [1.165, 1.54) is 11.8 Å². The Hall–Kier alpha value is -0.810. The highest BCUT2D eigenvalue weighted by Gasteiger charge is 2.42. The molecule has 4 nitrogen and oxygen atoms in total. The lowest BCUT2D eigenvalue weighted by molar-refractivity contribution is -0.164. The Bertz CT molecular complexity index is 380. The number of ether oxygens (including phenoxy) is 2. The van der Waals surface area contributed by atoms with Crippen molar-refractivity contribution in [2.75, 3.05) is 13.4 Å². The molecule has 0 aromatic rings. The second-order valence-corrected chi connectivity index (χ2v) is 6.15. The quantitative estimate of drug-likeness (QED) is 0.587. The lowest BCUT2D eigenvalue weighted by atomic mass is 9.78. The molecule has 0 aromatic carbocycles. The van der Waals surface area contributed by atoms with Crippen molar-refractivity contribution in [1.29, 1.82) is 0 Å². The first-order valence-corrected chi connectivity index (χ1v) is 7.53. The summed E-state index contributed by atoms with van der Waals surface area (Å²) in [6, 6.07) is 0. The van der Waals surface area contributed by atoms with Crippen LogP contribution >= 0.6 is 11.8 Å². The summed E-state index contributed by atoms with van der Waals surface area (Å²) in [6.45, 7) is 7.06. The number of carbonyl (C=O) groups excluding carboxylic acids is 2. The highest BCUT2D eigenvalue weighted by Crippen LogP contribution is 2.38. The number of methoxy groups -OCH3 is 1. The highest BCUT2D eigenvalue weighted by molar-refractivity contribution is 8.13. The van der Waals surface area contributed by atoms with Gasteiger partial charge in [0.25, 0.3) is 0 Å². The summed E-state index contributed by atoms with van der Waals surface area (Å²) in [5, 5.41) is 0.124. The molecule has 0 saturated heterocycles. The van der Waals surface area contributed by atoms with Gasteiger partial charge in [-0.05, 0) is 32.9 Å². The Kier molecular flexibility index (Phi) is 5.62. The molecule has 0 aliphatic heterocycles. The number of carbonyl (C=O) groups is 2. The number of hydrogen-bond donors (Lipinski definition) is 0. The first-order chi connectivity index (χ1) is 8.81. The molecule has 0 N–H and O–H groups in total. The van der Waals surface area contributed by atoms with Gasteiger partial charge >= 0.3 is 5.97 Å². The van der Waals surface area contributed by atoms with Gasteiger partial charge in [0, 0.05) is 25.0 Å². The van der Waals surface area contributed by atoms with Gasteiger partial charge in [-0.2, -0.15) is 0 Å². The summed E-state index contributed by atoms with van der Waals surface area (Å²) in [4.78, 5) is 23.6. The third-order valence-corrected chi connectivity index (χ3v) is 4.18. The maximum atomic E-state index is 11.9. The Morgan fingerprint density at radius 1 is 1.37 bits per heavy atom. The molecule has 0 amide bonds. The molecule has 5 heteroatoms. The van der Waals surface area contributed by atoms with Crippen molar-refractivity contribution < 1.29 is 19.1 Å². The van der Waals surface area contributed by atoms with Gasteiger partial charge in [-0.1, -0.05) is 18.3 Å². The van der Waals surface area contributed by atoms with Crippen LogP contribution in [0.5, 0.6) is 0 Å². The van der Waals surface area contributed by atoms with Crippen molar-refractivity contribution in [3.05, 3.63) is 12.2 Å². The summed E-state index contributed by atoms with van der Waals surface area (Å²) < 4.78 is 10.9. The minimum Gasteiger partial charge on any atom is -0.456 e. The average Bonchev–Trinajstić information content (AvgIpc) is 2.36. The van der Waals surface area contributed by atoms with E-state index in [9.17, 15) is 9.59 Å². The summed E-state index contributed by atoms with van der Waals surface area (Å²) in [5.74, 6) is -0.536. The van der Waals surface area contributed by atoms with Crippen LogP contribution in [0.25, 0.3) is 0 Å². The topological polar surface area (TPSA) is 52.6 Å². The van der Waals surface area contributed by atoms with Gasteiger partial charge < -0.3 is 9.47 Å². The molecule has 3 unspecified atom stereocenters. The van der Waals surface area contributed by atoms with E-state index in [4.69, 9.17) is 9.47 Å². The van der Waals surface area contributed by atoms with E-state index < -0.39 is 11.6 Å². The van der Waals surface area contributed by atoms with Gasteiger partial charge in [0.2, 0.25) is 0 Å². The zero-order chi connectivity index (χ0) is 14.6. The molecule has 1 rings (SSSR count). The van der Waals surface area contributed by atoms with Crippen LogP contribution in [0, 0.1) is 5.92 Å². The van der Waals surface area contributed by atoms with Gasteiger partial charge in [-0.25, -0.2) is 4.79 Å². The maximum Gasteiger partial charge on any atom is 0.333 e. The largest absolute Gasteiger partial charge is 0.456 e. The maximum absolute atomic E-state index is 11.9. The molecule has 0 bridgehead atoms. The molecular formula is C14H22O4S. The van der Waals surface area contributed by atoms with Crippen LogP contribution in [0.1, 0.15) is 33.1 Å². The fourth-order valence-corrected chi connectivity index (χ4v) is 3.00. The summed E-state index contributed by atoms with van der Waals surface area (Å²) >= 11 is 1.22. The van der Waals surface area contributed by atoms with Gasteiger partial charge in [0.05, 0.1) is 6.10 Å². The SMILES string of the molecule is C=C(C)C(=O)OC1(C)CC(OC)CC(C(=O)SC)C1. The molecule has 19 heavy (non-hydrogen) atoms. The predicted octanol–water partition coefficient (Wildman–Crippen LogP) is 2.57. The highest BCUT2D eigenvalue weighted by atomic mass is 32.2. The predicted molar refractivity (Wildman–Crippen MR) is 76.0 cm³/mol. The average molecular weight is 286 g/mol. The van der Waals surface area contributed by atoms with Crippen molar-refractivity contribution in [2.24, 2.45) is 5.92 Å². The lowest BCUT2D eigenvalue weighted by Gasteiger charge is -2.40. The van der Waals surface area contributed by atoms with Crippen molar-refractivity contribution in [3.8, 4) is 0 Å². The van der Waals surface area contributed by atoms with E-state index in [-0.39, 0.29) is 17.1 Å². The molecule has 1 aliphatic rings. The van der Waals surface area contributed by atoms with Crippen LogP contribution in [0.3, 0.4) is 0 Å². The minimum atomic E-state index is -0.662. The second kappa shape index (κ2) is 6.57. The molecule has 1 saturated carbocycles. The Morgan fingerprint density at radius 3 is 2.47 bits per heavy atom. The molecule has 1 fully saturated rings. The Labute approximate surface area is 118 Å². The normalized spacial score (nSPS) is 30.7. The smallest absolute Gasteiger partial charge is 0.333 e. The monoisotopic (exact) mass is 286 g/mol. The van der Waals surface area contributed by atoms with Gasteiger partial charge in [-0.3, -0.25) is 4.79 Å². The molecule has 0 aromatic heterocycles. The first kappa shape index (κ1) is 16.2. The standard InChI is InChI=1S/C14H22O4S/c1-9(2)12(15)18-14(3)7-10(13(16)19-5)6-11(8-14)17-4/h10-11H,1,6-8H2,2-5H3. The molecular weight excluding hydrogens is 264 g/mol. The number of thioether (sulfide) groups is 1. The minimum absolute atomic E-state index is 0.0576. The molecule has 1 aliphatic carbocycles. The molecule has 3 atom stereocenters. The van der Waals surface area contributed by atoms with E-state index in [0.717, 1.165) is 0 Å². The molecule has 0 heterocycles.